The summed E-state index contributed by atoms with van der Waals surface area (Å²) in [5, 5.41) is 8.54. The third-order valence-electron chi connectivity index (χ3n) is 4.00. The lowest BCUT2D eigenvalue weighted by molar-refractivity contribution is 0.264. The molecule has 0 amide bonds. The second-order valence-electron chi connectivity index (χ2n) is 5.76. The van der Waals surface area contributed by atoms with Gasteiger partial charge in [0.1, 0.15) is 12.2 Å². The van der Waals surface area contributed by atoms with E-state index in [4.69, 9.17) is 11.6 Å². The Bertz CT molecular complexity index is 601. The van der Waals surface area contributed by atoms with Crippen LogP contribution in [0.5, 0.6) is 0 Å². The molecule has 1 aromatic heterocycles. The summed E-state index contributed by atoms with van der Waals surface area (Å²) in [6, 6.07) is 8.43. The first kappa shape index (κ1) is 13.6. The van der Waals surface area contributed by atoms with Crippen LogP contribution in [0.3, 0.4) is 0 Å². The topological polar surface area (TPSA) is 42.7 Å². The minimum Gasteiger partial charge on any atom is -0.315 e. The molecule has 3 rings (SSSR count). The van der Waals surface area contributed by atoms with Crippen molar-refractivity contribution >= 4 is 11.6 Å². The van der Waals surface area contributed by atoms with Gasteiger partial charge in [-0.2, -0.15) is 5.10 Å². The van der Waals surface area contributed by atoms with Crippen molar-refractivity contribution in [1.29, 1.82) is 0 Å². The molecule has 0 spiro atoms. The first-order chi connectivity index (χ1) is 9.62. The van der Waals surface area contributed by atoms with Crippen molar-refractivity contribution in [2.75, 3.05) is 13.1 Å². The van der Waals surface area contributed by atoms with Gasteiger partial charge in [-0.25, -0.2) is 9.67 Å². The minimum absolute atomic E-state index is 0.0397. The van der Waals surface area contributed by atoms with E-state index in [1.807, 2.05) is 16.8 Å². The minimum atomic E-state index is 0.0397. The Kier molecular flexibility index (Phi) is 3.52. The molecule has 1 fully saturated rings. The Hall–Kier alpha value is -1.39. The van der Waals surface area contributed by atoms with Crippen LogP contribution in [0.4, 0.5) is 0 Å². The fourth-order valence-corrected chi connectivity index (χ4v) is 3.20. The number of nitrogens with zero attached hydrogens (tertiary/aromatic N) is 3. The molecule has 1 aliphatic heterocycles. The first-order valence-electron chi connectivity index (χ1n) is 6.96. The molecule has 0 saturated carbocycles. The van der Waals surface area contributed by atoms with Crippen molar-refractivity contribution < 1.29 is 0 Å². The highest BCUT2D eigenvalue weighted by Crippen LogP contribution is 2.36. The highest BCUT2D eigenvalue weighted by atomic mass is 35.5. The SMILES string of the molecule is CC(C)n1ncnc1CC1(c2ccccc2Cl)CNC1. The van der Waals surface area contributed by atoms with Crippen LogP contribution in [0.25, 0.3) is 0 Å². The van der Waals surface area contributed by atoms with E-state index in [1.165, 1.54) is 5.56 Å². The molecular formula is C15H19ClN4. The highest BCUT2D eigenvalue weighted by Gasteiger charge is 2.41. The molecule has 106 valence electrons. The quantitative estimate of drug-likeness (QED) is 0.941. The smallest absolute Gasteiger partial charge is 0.138 e. The molecule has 2 heterocycles. The van der Waals surface area contributed by atoms with Crippen molar-refractivity contribution in [3.63, 3.8) is 0 Å². The van der Waals surface area contributed by atoms with Gasteiger partial charge >= 0.3 is 0 Å². The van der Waals surface area contributed by atoms with Crippen LogP contribution in [-0.2, 0) is 11.8 Å². The van der Waals surface area contributed by atoms with Crippen LogP contribution in [0, 0.1) is 0 Å². The summed E-state index contributed by atoms with van der Waals surface area (Å²) >= 11 is 6.39. The van der Waals surface area contributed by atoms with Gasteiger partial charge in [0.2, 0.25) is 0 Å². The van der Waals surface area contributed by atoms with Crippen LogP contribution >= 0.6 is 11.6 Å². The summed E-state index contributed by atoms with van der Waals surface area (Å²) in [5.41, 5.74) is 1.25. The Morgan fingerprint density at radius 2 is 2.10 bits per heavy atom. The lowest BCUT2D eigenvalue weighted by atomic mass is 9.72. The van der Waals surface area contributed by atoms with Crippen molar-refractivity contribution in [2.24, 2.45) is 0 Å². The molecular weight excluding hydrogens is 272 g/mol. The fourth-order valence-electron chi connectivity index (χ4n) is 2.86. The normalized spacial score (nSPS) is 17.2. The number of nitrogens with one attached hydrogen (secondary N) is 1. The molecule has 1 aromatic carbocycles. The van der Waals surface area contributed by atoms with Crippen molar-refractivity contribution in [2.45, 2.75) is 31.7 Å². The van der Waals surface area contributed by atoms with Gasteiger partial charge in [-0.1, -0.05) is 29.8 Å². The van der Waals surface area contributed by atoms with E-state index in [9.17, 15) is 0 Å². The van der Waals surface area contributed by atoms with Gasteiger partial charge in [0, 0.05) is 36.0 Å². The second kappa shape index (κ2) is 5.19. The number of hydrogen-bond acceptors (Lipinski definition) is 3. The molecule has 0 bridgehead atoms. The maximum absolute atomic E-state index is 6.39. The lowest BCUT2D eigenvalue weighted by Gasteiger charge is -2.43. The van der Waals surface area contributed by atoms with Gasteiger partial charge in [0.05, 0.1) is 0 Å². The van der Waals surface area contributed by atoms with Crippen molar-refractivity contribution in [3.8, 4) is 0 Å². The number of hydrogen-bond donors (Lipinski definition) is 1. The number of aromatic nitrogens is 3. The van der Waals surface area contributed by atoms with E-state index in [1.54, 1.807) is 6.33 Å². The molecule has 0 unspecified atom stereocenters. The Morgan fingerprint density at radius 1 is 1.35 bits per heavy atom. The number of benzene rings is 1. The molecule has 1 N–H and O–H groups in total. The molecule has 1 saturated heterocycles. The van der Waals surface area contributed by atoms with E-state index in [2.05, 4.69) is 41.4 Å². The van der Waals surface area contributed by atoms with Crippen LogP contribution in [0.2, 0.25) is 5.02 Å². The van der Waals surface area contributed by atoms with Crippen molar-refractivity contribution in [1.82, 2.24) is 20.1 Å². The summed E-state index contributed by atoms with van der Waals surface area (Å²) in [4.78, 5) is 4.44. The van der Waals surface area contributed by atoms with Gasteiger partial charge in [0.25, 0.3) is 0 Å². The number of rotatable bonds is 4. The molecule has 0 radical (unpaired) electrons. The van der Waals surface area contributed by atoms with E-state index in [0.717, 1.165) is 30.4 Å². The van der Waals surface area contributed by atoms with E-state index in [0.29, 0.717) is 6.04 Å². The molecule has 20 heavy (non-hydrogen) atoms. The summed E-state index contributed by atoms with van der Waals surface area (Å²) in [6.45, 7) is 6.11. The average molecular weight is 291 g/mol. The Labute approximate surface area is 124 Å². The largest absolute Gasteiger partial charge is 0.315 e. The Morgan fingerprint density at radius 3 is 2.70 bits per heavy atom. The zero-order valence-electron chi connectivity index (χ0n) is 11.8. The van der Waals surface area contributed by atoms with Crippen LogP contribution in [-0.4, -0.2) is 27.9 Å². The van der Waals surface area contributed by atoms with Gasteiger partial charge in [-0.3, -0.25) is 0 Å². The molecule has 5 heteroatoms. The van der Waals surface area contributed by atoms with Gasteiger partial charge < -0.3 is 5.32 Å². The first-order valence-corrected chi connectivity index (χ1v) is 7.34. The van der Waals surface area contributed by atoms with E-state index < -0.39 is 0 Å². The summed E-state index contributed by atoms with van der Waals surface area (Å²) in [6.07, 6.45) is 2.50. The van der Waals surface area contributed by atoms with Gasteiger partial charge in [-0.05, 0) is 25.5 Å². The lowest BCUT2D eigenvalue weighted by Crippen LogP contribution is -2.58. The maximum atomic E-state index is 6.39. The molecule has 1 aliphatic rings. The van der Waals surface area contributed by atoms with Crippen LogP contribution < -0.4 is 5.32 Å². The third kappa shape index (κ3) is 2.23. The predicted molar refractivity (Wildman–Crippen MR) is 80.1 cm³/mol. The predicted octanol–water partition coefficient (Wildman–Crippen LogP) is 2.60. The van der Waals surface area contributed by atoms with Crippen molar-refractivity contribution in [3.05, 3.63) is 47.0 Å². The second-order valence-corrected chi connectivity index (χ2v) is 6.16. The summed E-state index contributed by atoms with van der Waals surface area (Å²) < 4.78 is 2.00. The summed E-state index contributed by atoms with van der Waals surface area (Å²) in [5.74, 6) is 1.03. The Balaban J connectivity index is 1.94. The molecule has 4 nitrogen and oxygen atoms in total. The average Bonchev–Trinajstić information content (AvgIpc) is 2.83. The van der Waals surface area contributed by atoms with Crippen LogP contribution in [0.15, 0.2) is 30.6 Å². The fraction of sp³-hybridized carbons (Fsp3) is 0.467. The molecule has 0 aliphatic carbocycles. The van der Waals surface area contributed by atoms with Gasteiger partial charge in [-0.15, -0.1) is 0 Å². The molecule has 2 aromatic rings. The third-order valence-corrected chi connectivity index (χ3v) is 4.33. The standard InChI is InChI=1S/C15H19ClN4/c1-11(2)20-14(18-10-19-20)7-15(8-17-9-15)12-5-3-4-6-13(12)16/h3-6,10-11,17H,7-9H2,1-2H3. The monoisotopic (exact) mass is 290 g/mol. The van der Waals surface area contributed by atoms with Gasteiger partial charge in [0.15, 0.2) is 0 Å². The zero-order valence-corrected chi connectivity index (χ0v) is 12.6. The van der Waals surface area contributed by atoms with Crippen LogP contribution in [0.1, 0.15) is 31.3 Å². The molecule has 0 atom stereocenters. The zero-order chi connectivity index (χ0) is 14.2. The summed E-state index contributed by atoms with van der Waals surface area (Å²) in [7, 11) is 0. The number of halogens is 1. The van der Waals surface area contributed by atoms with E-state index in [-0.39, 0.29) is 5.41 Å². The van der Waals surface area contributed by atoms with E-state index >= 15 is 0 Å². The highest BCUT2D eigenvalue weighted by molar-refractivity contribution is 6.31. The maximum Gasteiger partial charge on any atom is 0.138 e.